The van der Waals surface area contributed by atoms with Gasteiger partial charge in [-0.3, -0.25) is 13.9 Å². The SMILES string of the molecule is CCc1ccccc1-n1cc2c(c1-c1cccc(C)c1)c(=O)n(C)c(=O)n2C. The highest BCUT2D eigenvalue weighted by Gasteiger charge is 2.21. The molecule has 0 aliphatic carbocycles. The largest absolute Gasteiger partial charge is 0.330 e. The van der Waals surface area contributed by atoms with Crippen LogP contribution in [0.3, 0.4) is 0 Å². The molecule has 0 amide bonds. The first-order valence-electron chi connectivity index (χ1n) is 9.40. The molecule has 2 aromatic heterocycles. The van der Waals surface area contributed by atoms with Crippen molar-refractivity contribution in [1.82, 2.24) is 13.7 Å². The zero-order valence-corrected chi connectivity index (χ0v) is 16.6. The minimum absolute atomic E-state index is 0.276. The Kier molecular flexibility index (Phi) is 4.30. The zero-order valence-electron chi connectivity index (χ0n) is 16.6. The molecule has 4 rings (SSSR count). The lowest BCUT2D eigenvalue weighted by Crippen LogP contribution is -2.36. The predicted octanol–water partition coefficient (Wildman–Crippen LogP) is 3.57. The Morgan fingerprint density at radius 2 is 1.68 bits per heavy atom. The van der Waals surface area contributed by atoms with Gasteiger partial charge in [0, 0.05) is 26.0 Å². The zero-order chi connectivity index (χ0) is 20.0. The van der Waals surface area contributed by atoms with Crippen molar-refractivity contribution in [3.8, 4) is 16.9 Å². The van der Waals surface area contributed by atoms with Crippen molar-refractivity contribution in [3.63, 3.8) is 0 Å². The summed E-state index contributed by atoms with van der Waals surface area (Å²) in [7, 11) is 3.24. The molecule has 4 aromatic rings. The molecular weight excluding hydrogens is 350 g/mol. The van der Waals surface area contributed by atoms with Crippen molar-refractivity contribution in [2.75, 3.05) is 0 Å². The van der Waals surface area contributed by atoms with Gasteiger partial charge in [0.05, 0.1) is 16.6 Å². The molecule has 0 radical (unpaired) electrons. The van der Waals surface area contributed by atoms with Gasteiger partial charge in [-0.25, -0.2) is 4.79 Å². The highest BCUT2D eigenvalue weighted by molar-refractivity contribution is 5.95. The first kappa shape index (κ1) is 18.0. The Bertz CT molecular complexity index is 1320. The third-order valence-electron chi connectivity index (χ3n) is 5.36. The number of hydrogen-bond acceptors (Lipinski definition) is 2. The molecule has 0 saturated heterocycles. The molecule has 0 atom stereocenters. The van der Waals surface area contributed by atoms with Gasteiger partial charge in [-0.05, 0) is 36.6 Å². The number of nitrogens with zero attached hydrogens (tertiary/aromatic N) is 3. The van der Waals surface area contributed by atoms with Crippen LogP contribution < -0.4 is 11.2 Å². The predicted molar refractivity (Wildman–Crippen MR) is 113 cm³/mol. The Morgan fingerprint density at radius 1 is 0.929 bits per heavy atom. The van der Waals surface area contributed by atoms with Crippen molar-refractivity contribution in [3.05, 3.63) is 86.7 Å². The number of rotatable bonds is 3. The van der Waals surface area contributed by atoms with Crippen molar-refractivity contribution < 1.29 is 0 Å². The first-order valence-corrected chi connectivity index (χ1v) is 9.40. The number of fused-ring (bicyclic) bond motifs is 1. The molecule has 0 bridgehead atoms. The molecule has 0 unspecified atom stereocenters. The lowest BCUT2D eigenvalue weighted by Gasteiger charge is -2.14. The van der Waals surface area contributed by atoms with Crippen LogP contribution in [0.1, 0.15) is 18.1 Å². The summed E-state index contributed by atoms with van der Waals surface area (Å²) in [4.78, 5) is 25.6. The van der Waals surface area contributed by atoms with Crippen molar-refractivity contribution in [2.24, 2.45) is 14.1 Å². The van der Waals surface area contributed by atoms with Gasteiger partial charge in [0.1, 0.15) is 0 Å². The van der Waals surface area contributed by atoms with Gasteiger partial charge in [0.2, 0.25) is 0 Å². The van der Waals surface area contributed by atoms with Gasteiger partial charge < -0.3 is 4.57 Å². The first-order chi connectivity index (χ1) is 13.4. The number of aryl methyl sites for hydroxylation is 3. The van der Waals surface area contributed by atoms with Crippen LogP contribution in [0.5, 0.6) is 0 Å². The molecule has 0 saturated carbocycles. The molecule has 2 heterocycles. The molecule has 28 heavy (non-hydrogen) atoms. The van der Waals surface area contributed by atoms with Crippen LogP contribution >= 0.6 is 0 Å². The van der Waals surface area contributed by atoms with Crippen LogP contribution in [0.25, 0.3) is 27.8 Å². The third-order valence-corrected chi connectivity index (χ3v) is 5.36. The maximum Gasteiger partial charge on any atom is 0.330 e. The fourth-order valence-electron chi connectivity index (χ4n) is 3.85. The number of aromatic nitrogens is 3. The molecule has 142 valence electrons. The summed E-state index contributed by atoms with van der Waals surface area (Å²) in [6.07, 6.45) is 2.78. The monoisotopic (exact) mass is 373 g/mol. The average Bonchev–Trinajstić information content (AvgIpc) is 3.11. The topological polar surface area (TPSA) is 48.9 Å². The Balaban J connectivity index is 2.24. The van der Waals surface area contributed by atoms with E-state index in [0.29, 0.717) is 10.9 Å². The van der Waals surface area contributed by atoms with Crippen LogP contribution in [-0.2, 0) is 20.5 Å². The van der Waals surface area contributed by atoms with Crippen LogP contribution in [0.15, 0.2) is 64.3 Å². The lowest BCUT2D eigenvalue weighted by atomic mass is 10.1. The van der Waals surface area contributed by atoms with Crippen LogP contribution in [0, 0.1) is 6.92 Å². The molecule has 0 N–H and O–H groups in total. The minimum atomic E-state index is -0.325. The van der Waals surface area contributed by atoms with E-state index in [1.807, 2.05) is 43.5 Å². The molecule has 2 aromatic carbocycles. The summed E-state index contributed by atoms with van der Waals surface area (Å²) in [6, 6.07) is 16.3. The van der Waals surface area contributed by atoms with Crippen molar-refractivity contribution in [1.29, 1.82) is 0 Å². The summed E-state index contributed by atoms with van der Waals surface area (Å²) in [5.41, 5.74) is 5.12. The molecule has 0 fully saturated rings. The van der Waals surface area contributed by atoms with E-state index in [0.717, 1.165) is 28.9 Å². The molecule has 0 aliphatic rings. The molecule has 5 heteroatoms. The molecular formula is C23H23N3O2. The van der Waals surface area contributed by atoms with Crippen molar-refractivity contribution >= 4 is 10.9 Å². The molecule has 0 aliphatic heterocycles. The molecule has 0 spiro atoms. The van der Waals surface area contributed by atoms with E-state index in [1.165, 1.54) is 17.2 Å². The fourth-order valence-corrected chi connectivity index (χ4v) is 3.85. The second-order valence-electron chi connectivity index (χ2n) is 7.17. The van der Waals surface area contributed by atoms with E-state index < -0.39 is 0 Å². The van der Waals surface area contributed by atoms with Crippen LogP contribution in [0.2, 0.25) is 0 Å². The van der Waals surface area contributed by atoms with Gasteiger partial charge in [-0.15, -0.1) is 0 Å². The van der Waals surface area contributed by atoms with E-state index in [9.17, 15) is 9.59 Å². The van der Waals surface area contributed by atoms with E-state index in [1.54, 1.807) is 11.6 Å². The summed E-state index contributed by atoms with van der Waals surface area (Å²) in [6.45, 7) is 4.15. The van der Waals surface area contributed by atoms with Crippen LogP contribution in [-0.4, -0.2) is 13.7 Å². The van der Waals surface area contributed by atoms with Gasteiger partial charge in [-0.1, -0.05) is 48.9 Å². The minimum Gasteiger partial charge on any atom is -0.313 e. The van der Waals surface area contributed by atoms with Gasteiger partial charge in [-0.2, -0.15) is 0 Å². The summed E-state index contributed by atoms with van der Waals surface area (Å²) in [5, 5.41) is 0.557. The standard InChI is InChI=1S/C23H23N3O2/c1-5-16-10-6-7-12-18(16)26-14-19-20(22(27)25(4)23(28)24(19)3)21(26)17-11-8-9-15(2)13-17/h6-14H,5H2,1-4H3. The van der Waals surface area contributed by atoms with E-state index in [-0.39, 0.29) is 11.2 Å². The summed E-state index contributed by atoms with van der Waals surface area (Å²) in [5.74, 6) is 0. The van der Waals surface area contributed by atoms with Gasteiger partial charge in [0.15, 0.2) is 0 Å². The molecule has 5 nitrogen and oxygen atoms in total. The average molecular weight is 373 g/mol. The summed E-state index contributed by atoms with van der Waals surface area (Å²) < 4.78 is 4.78. The second-order valence-corrected chi connectivity index (χ2v) is 7.17. The number of hydrogen-bond donors (Lipinski definition) is 0. The van der Waals surface area contributed by atoms with Crippen molar-refractivity contribution in [2.45, 2.75) is 20.3 Å². The maximum absolute atomic E-state index is 13.1. The fraction of sp³-hybridized carbons (Fsp3) is 0.217. The highest BCUT2D eigenvalue weighted by Crippen LogP contribution is 2.32. The van der Waals surface area contributed by atoms with Crippen LogP contribution in [0.4, 0.5) is 0 Å². The second kappa shape index (κ2) is 6.68. The number of para-hydroxylation sites is 1. The Hall–Kier alpha value is -3.34. The highest BCUT2D eigenvalue weighted by atomic mass is 16.2. The third kappa shape index (κ3) is 2.62. The van der Waals surface area contributed by atoms with E-state index >= 15 is 0 Å². The quantitative estimate of drug-likeness (QED) is 0.551. The Morgan fingerprint density at radius 3 is 2.39 bits per heavy atom. The lowest BCUT2D eigenvalue weighted by molar-refractivity contribution is 0.714. The maximum atomic E-state index is 13.1. The normalized spacial score (nSPS) is 11.3. The summed E-state index contributed by atoms with van der Waals surface area (Å²) >= 11 is 0. The van der Waals surface area contributed by atoms with Gasteiger partial charge >= 0.3 is 5.69 Å². The van der Waals surface area contributed by atoms with E-state index in [4.69, 9.17) is 0 Å². The Labute approximate surface area is 163 Å². The number of benzene rings is 2. The van der Waals surface area contributed by atoms with Gasteiger partial charge in [0.25, 0.3) is 5.56 Å². The smallest absolute Gasteiger partial charge is 0.313 e. The van der Waals surface area contributed by atoms with E-state index in [2.05, 4.69) is 29.7 Å².